The van der Waals surface area contributed by atoms with Crippen molar-refractivity contribution in [3.05, 3.63) is 59.8 Å². The molecule has 2 aromatic carbocycles. The van der Waals surface area contributed by atoms with E-state index >= 15 is 0 Å². The van der Waals surface area contributed by atoms with Gasteiger partial charge in [-0.3, -0.25) is 4.68 Å². The highest BCUT2D eigenvalue weighted by Crippen LogP contribution is 2.36. The Morgan fingerprint density at radius 3 is 2.81 bits per heavy atom. The van der Waals surface area contributed by atoms with Crippen LogP contribution in [0, 0.1) is 0 Å². The Hall–Kier alpha value is -3.85. The van der Waals surface area contributed by atoms with Crippen molar-refractivity contribution in [1.29, 1.82) is 0 Å². The maximum absolute atomic E-state index is 6.06. The van der Waals surface area contributed by atoms with Gasteiger partial charge < -0.3 is 23.5 Å². The average Bonchev–Trinajstić information content (AvgIpc) is 3.57. The zero-order chi connectivity index (χ0) is 21.5. The van der Waals surface area contributed by atoms with E-state index < -0.39 is 0 Å². The van der Waals surface area contributed by atoms with Crippen molar-refractivity contribution in [2.24, 2.45) is 0 Å². The van der Waals surface area contributed by atoms with Crippen molar-refractivity contribution in [2.75, 3.05) is 13.4 Å². The smallest absolute Gasteiger partial charge is 0.278 e. The normalized spacial score (nSPS) is 16.7. The Morgan fingerprint density at radius 1 is 1.06 bits per heavy atom. The Labute approximate surface area is 183 Å². The Balaban J connectivity index is 1.21. The van der Waals surface area contributed by atoms with Gasteiger partial charge in [0.2, 0.25) is 12.6 Å². The minimum atomic E-state index is -0.0854. The molecule has 0 spiro atoms. The number of benzene rings is 2. The summed E-state index contributed by atoms with van der Waals surface area (Å²) in [5, 5.41) is 8.79. The van der Waals surface area contributed by atoms with Crippen molar-refractivity contribution in [2.45, 2.75) is 26.2 Å². The van der Waals surface area contributed by atoms with Crippen LogP contribution in [0.1, 0.15) is 24.3 Å². The molecule has 2 aromatic heterocycles. The molecule has 9 nitrogen and oxygen atoms in total. The van der Waals surface area contributed by atoms with Crippen LogP contribution in [0.15, 0.2) is 53.1 Å². The van der Waals surface area contributed by atoms with E-state index in [9.17, 15) is 0 Å². The fraction of sp³-hybridized carbons (Fsp3) is 0.261. The number of hydrogen-bond acceptors (Lipinski definition) is 8. The third-order valence-electron chi connectivity index (χ3n) is 5.47. The largest absolute Gasteiger partial charge is 0.494 e. The lowest BCUT2D eigenvalue weighted by Crippen LogP contribution is -2.21. The second kappa shape index (κ2) is 7.69. The highest BCUT2D eigenvalue weighted by Gasteiger charge is 2.25. The number of nitrogens with zero attached hydrogens (tertiary/aromatic N) is 4. The Bertz CT molecular complexity index is 1260. The maximum atomic E-state index is 6.06. The lowest BCUT2D eigenvalue weighted by atomic mass is 10.1. The van der Waals surface area contributed by atoms with Crippen LogP contribution < -0.4 is 14.2 Å². The van der Waals surface area contributed by atoms with Crippen LogP contribution in [-0.4, -0.2) is 33.3 Å². The Kier molecular flexibility index (Phi) is 4.53. The predicted molar refractivity (Wildman–Crippen MR) is 112 cm³/mol. The molecule has 2 aliphatic rings. The van der Waals surface area contributed by atoms with Crippen LogP contribution in [0.4, 0.5) is 0 Å². The lowest BCUT2D eigenvalue weighted by Gasteiger charge is -2.24. The minimum Gasteiger partial charge on any atom is -0.494 e. The summed E-state index contributed by atoms with van der Waals surface area (Å²) in [6, 6.07) is 15.4. The predicted octanol–water partition coefficient (Wildman–Crippen LogP) is 4.00. The van der Waals surface area contributed by atoms with E-state index in [1.165, 1.54) is 0 Å². The van der Waals surface area contributed by atoms with Gasteiger partial charge in [0.1, 0.15) is 11.9 Å². The standard InChI is InChI=1S/C23H20N4O5/c1-2-28-17-6-3-14(4-7-17)21-11-27-16(12-29-21)10-18(25-27)23-24-22(26-32-23)15-5-8-19-20(9-15)31-13-30-19/h3-10,21H,2,11-13H2,1H3/t21-/m1/s1. The topological polar surface area (TPSA) is 93.7 Å². The SMILES string of the molecule is CCOc1ccc([C@H]2Cn3nc(-c4nc(-c5ccc6c(c5)OCO6)no4)cc3CO2)cc1. The molecular formula is C23H20N4O5. The summed E-state index contributed by atoms with van der Waals surface area (Å²) >= 11 is 0. The van der Waals surface area contributed by atoms with E-state index in [0.717, 1.165) is 22.6 Å². The van der Waals surface area contributed by atoms with Crippen LogP contribution in [0.3, 0.4) is 0 Å². The van der Waals surface area contributed by atoms with E-state index in [4.69, 9.17) is 23.5 Å². The van der Waals surface area contributed by atoms with Gasteiger partial charge >= 0.3 is 0 Å². The number of aromatic nitrogens is 4. The van der Waals surface area contributed by atoms with Gasteiger partial charge in [-0.2, -0.15) is 10.1 Å². The van der Waals surface area contributed by atoms with Gasteiger partial charge in [0.05, 0.1) is 25.5 Å². The quantitative estimate of drug-likeness (QED) is 0.467. The van der Waals surface area contributed by atoms with Gasteiger partial charge in [-0.1, -0.05) is 17.3 Å². The van der Waals surface area contributed by atoms with Crippen LogP contribution >= 0.6 is 0 Å². The van der Waals surface area contributed by atoms with Crippen molar-refractivity contribution in [1.82, 2.24) is 19.9 Å². The van der Waals surface area contributed by atoms with Crippen LogP contribution in [0.5, 0.6) is 17.2 Å². The molecule has 0 amide bonds. The van der Waals surface area contributed by atoms with Gasteiger partial charge in [0, 0.05) is 5.56 Å². The number of rotatable bonds is 5. The first-order chi connectivity index (χ1) is 15.8. The highest BCUT2D eigenvalue weighted by molar-refractivity contribution is 5.63. The van der Waals surface area contributed by atoms with Crippen LogP contribution in [0.2, 0.25) is 0 Å². The summed E-state index contributed by atoms with van der Waals surface area (Å²) < 4.78 is 29.8. The summed E-state index contributed by atoms with van der Waals surface area (Å²) in [5.41, 5.74) is 3.45. The zero-order valence-electron chi connectivity index (χ0n) is 17.4. The molecule has 6 rings (SSSR count). The molecule has 1 atom stereocenters. The van der Waals surface area contributed by atoms with E-state index in [-0.39, 0.29) is 12.9 Å². The minimum absolute atomic E-state index is 0.0854. The first kappa shape index (κ1) is 18.9. The molecule has 0 unspecified atom stereocenters. The third-order valence-corrected chi connectivity index (χ3v) is 5.47. The maximum Gasteiger partial charge on any atom is 0.278 e. The van der Waals surface area contributed by atoms with Gasteiger partial charge in [0.15, 0.2) is 17.2 Å². The van der Waals surface area contributed by atoms with Gasteiger partial charge in [-0.05, 0) is 48.9 Å². The first-order valence-electron chi connectivity index (χ1n) is 10.4. The molecule has 0 saturated heterocycles. The summed E-state index contributed by atoms with van der Waals surface area (Å²) in [7, 11) is 0. The summed E-state index contributed by atoms with van der Waals surface area (Å²) in [5.74, 6) is 3.05. The zero-order valence-corrected chi connectivity index (χ0v) is 17.4. The lowest BCUT2D eigenvalue weighted by molar-refractivity contribution is -0.00115. The number of hydrogen-bond donors (Lipinski definition) is 0. The van der Waals surface area contributed by atoms with Crippen molar-refractivity contribution in [3.8, 4) is 40.2 Å². The molecule has 4 aromatic rings. The van der Waals surface area contributed by atoms with E-state index in [0.29, 0.717) is 48.7 Å². The van der Waals surface area contributed by atoms with Gasteiger partial charge in [-0.15, -0.1) is 0 Å². The molecule has 0 N–H and O–H groups in total. The second-order valence-corrected chi connectivity index (χ2v) is 7.50. The summed E-state index contributed by atoms with van der Waals surface area (Å²) in [6.45, 7) is 3.89. The molecule has 0 aliphatic carbocycles. The number of fused-ring (bicyclic) bond motifs is 2. The van der Waals surface area contributed by atoms with Crippen molar-refractivity contribution >= 4 is 0 Å². The monoisotopic (exact) mass is 432 g/mol. The fourth-order valence-corrected chi connectivity index (χ4v) is 3.86. The number of ether oxygens (including phenoxy) is 4. The van der Waals surface area contributed by atoms with Gasteiger partial charge in [-0.25, -0.2) is 0 Å². The van der Waals surface area contributed by atoms with Crippen LogP contribution in [0.25, 0.3) is 23.0 Å². The molecule has 0 radical (unpaired) electrons. The molecule has 0 fully saturated rings. The molecule has 2 aliphatic heterocycles. The fourth-order valence-electron chi connectivity index (χ4n) is 3.86. The van der Waals surface area contributed by atoms with Gasteiger partial charge in [0.25, 0.3) is 5.89 Å². The molecular weight excluding hydrogens is 412 g/mol. The molecule has 9 heteroatoms. The van der Waals surface area contributed by atoms with E-state index in [2.05, 4.69) is 15.2 Å². The van der Waals surface area contributed by atoms with E-state index in [1.54, 1.807) is 0 Å². The first-order valence-corrected chi connectivity index (χ1v) is 10.4. The summed E-state index contributed by atoms with van der Waals surface area (Å²) in [4.78, 5) is 4.52. The highest BCUT2D eigenvalue weighted by atomic mass is 16.7. The molecule has 162 valence electrons. The third kappa shape index (κ3) is 3.36. The molecule has 4 heterocycles. The molecule has 32 heavy (non-hydrogen) atoms. The van der Waals surface area contributed by atoms with Crippen molar-refractivity contribution < 1.29 is 23.5 Å². The Morgan fingerprint density at radius 2 is 1.94 bits per heavy atom. The average molecular weight is 432 g/mol. The second-order valence-electron chi connectivity index (χ2n) is 7.50. The van der Waals surface area contributed by atoms with Crippen LogP contribution in [-0.2, 0) is 17.9 Å². The van der Waals surface area contributed by atoms with E-state index in [1.807, 2.05) is 60.1 Å². The molecule has 0 bridgehead atoms. The molecule has 0 saturated carbocycles. The van der Waals surface area contributed by atoms with Crippen molar-refractivity contribution in [3.63, 3.8) is 0 Å². The summed E-state index contributed by atoms with van der Waals surface area (Å²) in [6.07, 6.45) is -0.0854.